The molecule has 0 radical (unpaired) electrons. The molecule has 4 aliphatic rings. The van der Waals surface area contributed by atoms with Crippen molar-refractivity contribution in [3.8, 4) is 0 Å². The van der Waals surface area contributed by atoms with Crippen LogP contribution >= 0.6 is 0 Å². The SMILES string of the molecule is NC1CC2C3CCN2CC1C3. The highest BCUT2D eigenvalue weighted by atomic mass is 15.2. The molecule has 0 aromatic carbocycles. The predicted octanol–water partition coefficient (Wildman–Crippen LogP) is 0.428. The second-order valence-electron chi connectivity index (χ2n) is 4.51. The molecule has 2 heteroatoms. The first-order valence-corrected chi connectivity index (χ1v) is 4.84. The molecule has 4 fully saturated rings. The van der Waals surface area contributed by atoms with E-state index in [0.717, 1.165) is 17.9 Å². The first-order chi connectivity index (χ1) is 5.34. The maximum absolute atomic E-state index is 6.05. The van der Waals surface area contributed by atoms with Gasteiger partial charge in [-0.15, -0.1) is 0 Å². The van der Waals surface area contributed by atoms with Crippen LogP contribution in [0.3, 0.4) is 0 Å². The lowest BCUT2D eigenvalue weighted by Crippen LogP contribution is -2.56. The summed E-state index contributed by atoms with van der Waals surface area (Å²) in [6.07, 6.45) is 4.17. The Bertz CT molecular complexity index is 166. The average molecular weight is 152 g/mol. The molecule has 0 aromatic rings. The summed E-state index contributed by atoms with van der Waals surface area (Å²) in [6, 6.07) is 1.42. The van der Waals surface area contributed by atoms with E-state index >= 15 is 0 Å². The summed E-state index contributed by atoms with van der Waals surface area (Å²) in [5, 5.41) is 0. The molecule has 2 N–H and O–H groups in total. The Balaban J connectivity index is 1.92. The molecule has 0 aromatic heterocycles. The maximum atomic E-state index is 6.05. The molecule has 62 valence electrons. The zero-order valence-electron chi connectivity index (χ0n) is 6.87. The minimum atomic E-state index is 0.533. The van der Waals surface area contributed by atoms with Gasteiger partial charge in [-0.1, -0.05) is 0 Å². The molecule has 5 atom stereocenters. The van der Waals surface area contributed by atoms with Crippen LogP contribution in [0, 0.1) is 11.8 Å². The lowest BCUT2D eigenvalue weighted by atomic mass is 9.72. The van der Waals surface area contributed by atoms with Gasteiger partial charge >= 0.3 is 0 Å². The third kappa shape index (κ3) is 0.744. The number of piperidine rings is 2. The molecule has 0 amide bonds. The molecule has 3 aliphatic heterocycles. The van der Waals surface area contributed by atoms with Gasteiger partial charge in [0, 0.05) is 18.6 Å². The van der Waals surface area contributed by atoms with Crippen molar-refractivity contribution in [1.82, 2.24) is 4.90 Å². The highest BCUT2D eigenvalue weighted by Crippen LogP contribution is 2.44. The predicted molar refractivity (Wildman–Crippen MR) is 44.2 cm³/mol. The lowest BCUT2D eigenvalue weighted by molar-refractivity contribution is 0.0451. The Morgan fingerprint density at radius 2 is 2.09 bits per heavy atom. The largest absolute Gasteiger partial charge is 0.327 e. The molecule has 5 unspecified atom stereocenters. The second-order valence-corrected chi connectivity index (χ2v) is 4.51. The summed E-state index contributed by atoms with van der Waals surface area (Å²) in [4.78, 5) is 2.67. The first-order valence-electron chi connectivity index (χ1n) is 4.84. The fraction of sp³-hybridized carbons (Fsp3) is 1.00. The average Bonchev–Trinajstić information content (AvgIpc) is 2.32. The molecule has 1 aliphatic carbocycles. The van der Waals surface area contributed by atoms with Crippen LogP contribution in [0.5, 0.6) is 0 Å². The molecule has 3 saturated heterocycles. The molecule has 11 heavy (non-hydrogen) atoms. The van der Waals surface area contributed by atoms with Gasteiger partial charge in [-0.25, -0.2) is 0 Å². The van der Waals surface area contributed by atoms with E-state index < -0.39 is 0 Å². The van der Waals surface area contributed by atoms with E-state index in [1.165, 1.54) is 32.4 Å². The van der Waals surface area contributed by atoms with Crippen LogP contribution in [-0.2, 0) is 0 Å². The Morgan fingerprint density at radius 1 is 1.18 bits per heavy atom. The van der Waals surface area contributed by atoms with Crippen LogP contribution in [0.25, 0.3) is 0 Å². The molecule has 2 nitrogen and oxygen atoms in total. The van der Waals surface area contributed by atoms with E-state index in [9.17, 15) is 0 Å². The number of nitrogens with zero attached hydrogens (tertiary/aromatic N) is 1. The van der Waals surface area contributed by atoms with Crippen molar-refractivity contribution in [2.75, 3.05) is 13.1 Å². The summed E-state index contributed by atoms with van der Waals surface area (Å²) in [7, 11) is 0. The van der Waals surface area contributed by atoms with E-state index in [-0.39, 0.29) is 0 Å². The van der Waals surface area contributed by atoms with Crippen LogP contribution < -0.4 is 5.73 Å². The number of fused-ring (bicyclic) bond motifs is 1. The highest BCUT2D eigenvalue weighted by Gasteiger charge is 2.47. The van der Waals surface area contributed by atoms with Gasteiger partial charge in [0.15, 0.2) is 0 Å². The number of hydrogen-bond acceptors (Lipinski definition) is 2. The third-order valence-electron chi connectivity index (χ3n) is 3.99. The summed E-state index contributed by atoms with van der Waals surface area (Å²) in [6.45, 7) is 2.67. The van der Waals surface area contributed by atoms with Crippen LogP contribution in [0.1, 0.15) is 19.3 Å². The number of hydrogen-bond donors (Lipinski definition) is 1. The Morgan fingerprint density at radius 3 is 2.82 bits per heavy atom. The minimum absolute atomic E-state index is 0.533. The summed E-state index contributed by atoms with van der Waals surface area (Å²) in [5.41, 5.74) is 6.05. The highest BCUT2D eigenvalue weighted by molar-refractivity contribution is 5.03. The van der Waals surface area contributed by atoms with E-state index in [1.54, 1.807) is 0 Å². The van der Waals surface area contributed by atoms with Crippen LogP contribution in [-0.4, -0.2) is 30.1 Å². The molecule has 1 saturated carbocycles. The van der Waals surface area contributed by atoms with Crippen molar-refractivity contribution in [2.24, 2.45) is 17.6 Å². The van der Waals surface area contributed by atoms with Crippen molar-refractivity contribution in [1.29, 1.82) is 0 Å². The topological polar surface area (TPSA) is 29.3 Å². The van der Waals surface area contributed by atoms with Gasteiger partial charge in [-0.05, 0) is 37.6 Å². The van der Waals surface area contributed by atoms with E-state index in [1.807, 2.05) is 0 Å². The fourth-order valence-corrected chi connectivity index (χ4v) is 3.38. The maximum Gasteiger partial charge on any atom is 0.0139 e. The number of nitrogens with two attached hydrogens (primary N) is 1. The molecule has 4 rings (SSSR count). The number of rotatable bonds is 0. The van der Waals surface area contributed by atoms with Crippen molar-refractivity contribution in [3.05, 3.63) is 0 Å². The van der Waals surface area contributed by atoms with Crippen LogP contribution in [0.4, 0.5) is 0 Å². The quantitative estimate of drug-likeness (QED) is 0.545. The van der Waals surface area contributed by atoms with Crippen LogP contribution in [0.15, 0.2) is 0 Å². The van der Waals surface area contributed by atoms with Gasteiger partial charge in [-0.2, -0.15) is 0 Å². The van der Waals surface area contributed by atoms with E-state index in [2.05, 4.69) is 4.90 Å². The van der Waals surface area contributed by atoms with Gasteiger partial charge in [-0.3, -0.25) is 4.90 Å². The Kier molecular flexibility index (Phi) is 1.16. The van der Waals surface area contributed by atoms with E-state index in [4.69, 9.17) is 5.73 Å². The Hall–Kier alpha value is -0.0800. The fourth-order valence-electron chi connectivity index (χ4n) is 3.38. The lowest BCUT2D eigenvalue weighted by Gasteiger charge is -2.47. The van der Waals surface area contributed by atoms with Gasteiger partial charge < -0.3 is 5.73 Å². The van der Waals surface area contributed by atoms with Gasteiger partial charge in [0.25, 0.3) is 0 Å². The van der Waals surface area contributed by atoms with Crippen molar-refractivity contribution >= 4 is 0 Å². The Labute approximate surface area is 67.7 Å². The molecule has 3 heterocycles. The monoisotopic (exact) mass is 152 g/mol. The molecular formula is C9H16N2. The van der Waals surface area contributed by atoms with Crippen molar-refractivity contribution < 1.29 is 0 Å². The second kappa shape index (κ2) is 1.99. The van der Waals surface area contributed by atoms with Crippen LogP contribution in [0.2, 0.25) is 0 Å². The molecular weight excluding hydrogens is 136 g/mol. The molecule has 0 spiro atoms. The molecule has 4 bridgehead atoms. The van der Waals surface area contributed by atoms with Gasteiger partial charge in [0.05, 0.1) is 0 Å². The van der Waals surface area contributed by atoms with E-state index in [0.29, 0.717) is 6.04 Å². The standard InChI is InChI=1S/C9H16N2/c10-8-4-9-6-1-2-11(9)5-7(8)3-6/h6-9H,1-5,10H2. The summed E-state index contributed by atoms with van der Waals surface area (Å²) in [5.74, 6) is 1.86. The smallest absolute Gasteiger partial charge is 0.0139 e. The van der Waals surface area contributed by atoms with Gasteiger partial charge in [0.2, 0.25) is 0 Å². The van der Waals surface area contributed by atoms with Crippen molar-refractivity contribution in [3.63, 3.8) is 0 Å². The normalized spacial score (nSPS) is 60.3. The zero-order chi connectivity index (χ0) is 7.42. The minimum Gasteiger partial charge on any atom is -0.327 e. The van der Waals surface area contributed by atoms with Crippen molar-refractivity contribution in [2.45, 2.75) is 31.3 Å². The summed E-state index contributed by atoms with van der Waals surface area (Å²) < 4.78 is 0. The first kappa shape index (κ1) is 6.44. The van der Waals surface area contributed by atoms with Gasteiger partial charge in [0.1, 0.15) is 0 Å². The zero-order valence-corrected chi connectivity index (χ0v) is 6.87. The summed E-state index contributed by atoms with van der Waals surface area (Å²) >= 11 is 0. The third-order valence-corrected chi connectivity index (χ3v) is 3.99.